The first-order valence-corrected chi connectivity index (χ1v) is 7.88. The molecular weight excluding hydrogens is 246 g/mol. The van der Waals surface area contributed by atoms with Crippen LogP contribution in [0.25, 0.3) is 11.0 Å². The van der Waals surface area contributed by atoms with Crippen LogP contribution in [0.2, 0.25) is 0 Å². The van der Waals surface area contributed by atoms with Crippen molar-refractivity contribution < 1.29 is 0 Å². The van der Waals surface area contributed by atoms with Crippen LogP contribution >= 0.6 is 0 Å². The van der Waals surface area contributed by atoms with Gasteiger partial charge in [-0.15, -0.1) is 0 Å². The molecule has 20 heavy (non-hydrogen) atoms. The highest BCUT2D eigenvalue weighted by atomic mass is 15.1. The molecule has 0 spiro atoms. The van der Waals surface area contributed by atoms with Crippen LogP contribution in [0.1, 0.15) is 38.9 Å². The highest BCUT2D eigenvalue weighted by Gasteiger charge is 2.27. The van der Waals surface area contributed by atoms with Gasteiger partial charge in [0.2, 0.25) is 0 Å². The number of para-hydroxylation sites is 2. The summed E-state index contributed by atoms with van der Waals surface area (Å²) in [6.07, 6.45) is 4.81. The second-order valence-corrected chi connectivity index (χ2v) is 6.31. The molecule has 0 saturated heterocycles. The Kier molecular flexibility index (Phi) is 3.79. The minimum absolute atomic E-state index is 0.252. The average molecular weight is 271 g/mol. The summed E-state index contributed by atoms with van der Waals surface area (Å²) >= 11 is 0. The van der Waals surface area contributed by atoms with E-state index in [-0.39, 0.29) is 6.04 Å². The average Bonchev–Trinajstić information content (AvgIpc) is 3.01. The lowest BCUT2D eigenvalue weighted by molar-refractivity contribution is 0.406. The zero-order valence-corrected chi connectivity index (χ0v) is 12.5. The van der Waals surface area contributed by atoms with E-state index in [0.29, 0.717) is 5.92 Å². The van der Waals surface area contributed by atoms with Gasteiger partial charge in [-0.1, -0.05) is 25.5 Å². The molecule has 0 aliphatic heterocycles. The van der Waals surface area contributed by atoms with Crippen molar-refractivity contribution in [2.75, 3.05) is 0 Å². The van der Waals surface area contributed by atoms with Crippen LogP contribution in [0.5, 0.6) is 0 Å². The zero-order valence-electron chi connectivity index (χ0n) is 12.5. The first-order valence-electron chi connectivity index (χ1n) is 7.88. The predicted octanol–water partition coefficient (Wildman–Crippen LogP) is 3.36. The molecule has 1 saturated carbocycles. The number of imidazole rings is 1. The second-order valence-electron chi connectivity index (χ2n) is 6.31. The minimum atomic E-state index is 0.252. The number of aryl methyl sites for hydroxylation is 1. The standard InChI is InChI=1S/C17H25N3/c1-3-20-16-7-5-4-6-15(16)19-17(20)11-14(18)13-9-8-12(2)10-13/h4-7,12-14H,3,8-11,18H2,1-2H3. The number of hydrogen-bond donors (Lipinski definition) is 1. The summed E-state index contributed by atoms with van der Waals surface area (Å²) < 4.78 is 2.31. The molecule has 1 fully saturated rings. The molecule has 3 unspecified atom stereocenters. The number of hydrogen-bond acceptors (Lipinski definition) is 2. The molecule has 1 heterocycles. The number of rotatable bonds is 4. The molecule has 2 N–H and O–H groups in total. The molecule has 3 nitrogen and oxygen atoms in total. The normalized spacial score (nSPS) is 24.4. The summed E-state index contributed by atoms with van der Waals surface area (Å²) in [5, 5.41) is 0. The van der Waals surface area contributed by atoms with Gasteiger partial charge in [0.15, 0.2) is 0 Å². The largest absolute Gasteiger partial charge is 0.328 e. The summed E-state index contributed by atoms with van der Waals surface area (Å²) in [6.45, 7) is 5.48. The summed E-state index contributed by atoms with van der Waals surface area (Å²) in [4.78, 5) is 4.80. The smallest absolute Gasteiger partial charge is 0.111 e. The van der Waals surface area contributed by atoms with Gasteiger partial charge in [-0.2, -0.15) is 0 Å². The van der Waals surface area contributed by atoms with E-state index < -0.39 is 0 Å². The van der Waals surface area contributed by atoms with Crippen LogP contribution in [0.15, 0.2) is 24.3 Å². The van der Waals surface area contributed by atoms with Gasteiger partial charge in [0.25, 0.3) is 0 Å². The van der Waals surface area contributed by atoms with Gasteiger partial charge in [-0.25, -0.2) is 4.98 Å². The van der Waals surface area contributed by atoms with Crippen LogP contribution in [-0.2, 0) is 13.0 Å². The third-order valence-corrected chi connectivity index (χ3v) is 4.81. The Morgan fingerprint density at radius 1 is 1.35 bits per heavy atom. The second kappa shape index (κ2) is 5.57. The lowest BCUT2D eigenvalue weighted by Gasteiger charge is -2.19. The number of aromatic nitrogens is 2. The first kappa shape index (κ1) is 13.6. The van der Waals surface area contributed by atoms with Crippen molar-refractivity contribution in [3.05, 3.63) is 30.1 Å². The molecule has 1 aliphatic rings. The highest BCUT2D eigenvalue weighted by molar-refractivity contribution is 5.75. The van der Waals surface area contributed by atoms with Gasteiger partial charge in [0.1, 0.15) is 5.82 Å². The highest BCUT2D eigenvalue weighted by Crippen LogP contribution is 2.33. The Bertz CT molecular complexity index is 587. The van der Waals surface area contributed by atoms with Crippen molar-refractivity contribution in [3.8, 4) is 0 Å². The predicted molar refractivity (Wildman–Crippen MR) is 83.6 cm³/mol. The number of benzene rings is 1. The van der Waals surface area contributed by atoms with E-state index in [1.165, 1.54) is 24.8 Å². The van der Waals surface area contributed by atoms with E-state index >= 15 is 0 Å². The topological polar surface area (TPSA) is 43.8 Å². The Morgan fingerprint density at radius 2 is 2.15 bits per heavy atom. The SMILES string of the molecule is CCn1c(CC(N)C2CCC(C)C2)nc2ccccc21. The van der Waals surface area contributed by atoms with Gasteiger partial charge in [0, 0.05) is 19.0 Å². The van der Waals surface area contributed by atoms with Gasteiger partial charge in [0.05, 0.1) is 11.0 Å². The van der Waals surface area contributed by atoms with Crippen molar-refractivity contribution in [2.45, 2.75) is 52.1 Å². The maximum Gasteiger partial charge on any atom is 0.111 e. The molecule has 1 aromatic carbocycles. The molecule has 0 bridgehead atoms. The van der Waals surface area contributed by atoms with Crippen LogP contribution in [0.4, 0.5) is 0 Å². The molecule has 3 heteroatoms. The molecule has 0 amide bonds. The fourth-order valence-electron chi connectivity index (χ4n) is 3.65. The van der Waals surface area contributed by atoms with Gasteiger partial charge in [-0.05, 0) is 43.7 Å². The third kappa shape index (κ3) is 2.47. The first-order chi connectivity index (χ1) is 9.69. The quantitative estimate of drug-likeness (QED) is 0.926. The molecule has 1 aromatic heterocycles. The van der Waals surface area contributed by atoms with Gasteiger partial charge in [-0.3, -0.25) is 0 Å². The number of fused-ring (bicyclic) bond motifs is 1. The Hall–Kier alpha value is -1.35. The van der Waals surface area contributed by atoms with Crippen LogP contribution < -0.4 is 5.73 Å². The van der Waals surface area contributed by atoms with Gasteiger partial charge >= 0.3 is 0 Å². The summed E-state index contributed by atoms with van der Waals surface area (Å²) in [5.41, 5.74) is 8.79. The molecular formula is C17H25N3. The lowest BCUT2D eigenvalue weighted by Crippen LogP contribution is -2.32. The van der Waals surface area contributed by atoms with E-state index in [9.17, 15) is 0 Å². The molecule has 3 atom stereocenters. The minimum Gasteiger partial charge on any atom is -0.328 e. The van der Waals surface area contributed by atoms with Crippen molar-refractivity contribution in [2.24, 2.45) is 17.6 Å². The lowest BCUT2D eigenvalue weighted by atomic mass is 9.95. The number of nitrogens with two attached hydrogens (primary N) is 1. The molecule has 0 radical (unpaired) electrons. The van der Waals surface area contributed by atoms with Crippen LogP contribution in [0.3, 0.4) is 0 Å². The summed E-state index contributed by atoms with van der Waals surface area (Å²) in [5.74, 6) is 2.67. The van der Waals surface area contributed by atoms with E-state index in [1.54, 1.807) is 0 Å². The van der Waals surface area contributed by atoms with Crippen LogP contribution in [0, 0.1) is 11.8 Å². The maximum atomic E-state index is 6.47. The Morgan fingerprint density at radius 3 is 2.85 bits per heavy atom. The van der Waals surface area contributed by atoms with Crippen molar-refractivity contribution >= 4 is 11.0 Å². The van der Waals surface area contributed by atoms with E-state index in [1.807, 2.05) is 0 Å². The van der Waals surface area contributed by atoms with E-state index in [4.69, 9.17) is 10.7 Å². The van der Waals surface area contributed by atoms with Gasteiger partial charge < -0.3 is 10.3 Å². The van der Waals surface area contributed by atoms with E-state index in [2.05, 4.69) is 42.7 Å². The Balaban J connectivity index is 1.83. The van der Waals surface area contributed by atoms with Crippen molar-refractivity contribution in [1.29, 1.82) is 0 Å². The fourth-order valence-corrected chi connectivity index (χ4v) is 3.65. The summed E-state index contributed by atoms with van der Waals surface area (Å²) in [6, 6.07) is 8.63. The molecule has 1 aliphatic carbocycles. The van der Waals surface area contributed by atoms with Crippen molar-refractivity contribution in [3.63, 3.8) is 0 Å². The zero-order chi connectivity index (χ0) is 14.1. The van der Waals surface area contributed by atoms with E-state index in [0.717, 1.165) is 30.2 Å². The number of nitrogens with zero attached hydrogens (tertiary/aromatic N) is 2. The third-order valence-electron chi connectivity index (χ3n) is 4.81. The fraction of sp³-hybridized carbons (Fsp3) is 0.588. The molecule has 2 aromatic rings. The molecule has 108 valence electrons. The summed E-state index contributed by atoms with van der Waals surface area (Å²) in [7, 11) is 0. The van der Waals surface area contributed by atoms with Crippen molar-refractivity contribution in [1.82, 2.24) is 9.55 Å². The van der Waals surface area contributed by atoms with Crippen LogP contribution in [-0.4, -0.2) is 15.6 Å². The Labute approximate surface area is 121 Å². The monoisotopic (exact) mass is 271 g/mol. The maximum absolute atomic E-state index is 6.47. The molecule has 3 rings (SSSR count).